The van der Waals surface area contributed by atoms with Crippen LogP contribution in [0.25, 0.3) is 0 Å². The number of carbonyl (C=O) groups is 1. The van der Waals surface area contributed by atoms with Crippen molar-refractivity contribution in [2.75, 3.05) is 0 Å². The van der Waals surface area contributed by atoms with Crippen molar-refractivity contribution in [3.63, 3.8) is 0 Å². The van der Waals surface area contributed by atoms with Gasteiger partial charge in [-0.25, -0.2) is 0 Å². The Balaban J connectivity index is 2.52. The molecule has 1 unspecified atom stereocenters. The van der Waals surface area contributed by atoms with Crippen molar-refractivity contribution in [2.24, 2.45) is 11.3 Å². The molecule has 1 atom stereocenters. The van der Waals surface area contributed by atoms with Gasteiger partial charge in [0.2, 0.25) is 0 Å². The van der Waals surface area contributed by atoms with E-state index in [0.717, 1.165) is 25.7 Å². The predicted molar refractivity (Wildman–Crippen MR) is 56.0 cm³/mol. The Bertz CT molecular complexity index is 255. The van der Waals surface area contributed by atoms with Gasteiger partial charge in [0.05, 0.1) is 6.42 Å². The molecule has 16 heavy (non-hydrogen) atoms. The maximum atomic E-state index is 12.0. The van der Waals surface area contributed by atoms with Crippen LogP contribution in [0.3, 0.4) is 0 Å². The minimum atomic E-state index is -4.21. The van der Waals surface area contributed by atoms with Crippen LogP contribution in [0.2, 0.25) is 0 Å². The van der Waals surface area contributed by atoms with Crippen LogP contribution in [0.5, 0.6) is 0 Å². The first-order chi connectivity index (χ1) is 7.22. The van der Waals surface area contributed by atoms with Gasteiger partial charge in [0, 0.05) is 12.3 Å². The molecule has 0 spiro atoms. The van der Waals surface area contributed by atoms with E-state index in [1.54, 1.807) is 0 Å². The average Bonchev–Trinajstić information content (AvgIpc) is 2.12. The van der Waals surface area contributed by atoms with Gasteiger partial charge in [0.1, 0.15) is 5.78 Å². The van der Waals surface area contributed by atoms with Gasteiger partial charge in [0.15, 0.2) is 0 Å². The molecule has 1 nitrogen and oxygen atoms in total. The number of hydrogen-bond donors (Lipinski definition) is 0. The summed E-state index contributed by atoms with van der Waals surface area (Å²) in [5.41, 5.74) is -0.124. The first-order valence-corrected chi connectivity index (χ1v) is 5.82. The molecule has 0 aromatic carbocycles. The van der Waals surface area contributed by atoms with Crippen LogP contribution in [-0.2, 0) is 4.79 Å². The smallest absolute Gasteiger partial charge is 0.299 e. The van der Waals surface area contributed by atoms with E-state index < -0.39 is 12.6 Å². The second-order valence-electron chi connectivity index (χ2n) is 5.37. The van der Waals surface area contributed by atoms with E-state index in [2.05, 4.69) is 0 Å². The molecule has 94 valence electrons. The molecule has 1 aliphatic rings. The molecule has 1 rings (SSSR count). The van der Waals surface area contributed by atoms with Crippen molar-refractivity contribution in [1.82, 2.24) is 0 Å². The molecule has 0 N–H and O–H groups in total. The van der Waals surface area contributed by atoms with Crippen molar-refractivity contribution in [2.45, 2.75) is 58.5 Å². The monoisotopic (exact) mass is 236 g/mol. The van der Waals surface area contributed by atoms with Crippen LogP contribution in [0, 0.1) is 11.3 Å². The van der Waals surface area contributed by atoms with Gasteiger partial charge in [-0.05, 0) is 18.3 Å². The van der Waals surface area contributed by atoms with E-state index in [9.17, 15) is 18.0 Å². The lowest BCUT2D eigenvalue weighted by molar-refractivity contribution is -0.147. The highest BCUT2D eigenvalue weighted by atomic mass is 19.4. The fraction of sp³-hybridized carbons (Fsp3) is 0.917. The standard InChI is InChI=1S/C12H19F3O/c1-11(2)7-4-3-5-9(11)10(16)6-8-12(13,14)15/h9H,3-8H2,1-2H3. The Hall–Kier alpha value is -0.540. The van der Waals surface area contributed by atoms with Gasteiger partial charge in [-0.3, -0.25) is 4.79 Å². The number of alkyl halides is 3. The van der Waals surface area contributed by atoms with E-state index in [0.29, 0.717) is 0 Å². The van der Waals surface area contributed by atoms with Gasteiger partial charge in [-0.2, -0.15) is 13.2 Å². The van der Waals surface area contributed by atoms with Crippen LogP contribution in [0.4, 0.5) is 13.2 Å². The summed E-state index contributed by atoms with van der Waals surface area (Å²) < 4.78 is 36.1. The lowest BCUT2D eigenvalue weighted by atomic mass is 9.66. The first-order valence-electron chi connectivity index (χ1n) is 5.82. The van der Waals surface area contributed by atoms with E-state index >= 15 is 0 Å². The summed E-state index contributed by atoms with van der Waals surface area (Å²) >= 11 is 0. The quantitative estimate of drug-likeness (QED) is 0.720. The lowest BCUT2D eigenvalue weighted by Crippen LogP contribution is -2.34. The molecule has 0 heterocycles. The summed E-state index contributed by atoms with van der Waals surface area (Å²) in [6, 6.07) is 0. The number of halogens is 3. The topological polar surface area (TPSA) is 17.1 Å². The van der Waals surface area contributed by atoms with Gasteiger partial charge in [-0.15, -0.1) is 0 Å². The SMILES string of the molecule is CC1(C)CCCCC1C(=O)CCC(F)(F)F. The zero-order valence-electron chi connectivity index (χ0n) is 9.86. The molecule has 0 radical (unpaired) electrons. The molecule has 0 aliphatic heterocycles. The number of rotatable bonds is 3. The third-order valence-electron chi connectivity index (χ3n) is 3.55. The van der Waals surface area contributed by atoms with Crippen LogP contribution < -0.4 is 0 Å². The molecule has 4 heteroatoms. The summed E-state index contributed by atoms with van der Waals surface area (Å²) in [7, 11) is 0. The zero-order valence-corrected chi connectivity index (χ0v) is 9.86. The molecular formula is C12H19F3O. The number of hydrogen-bond acceptors (Lipinski definition) is 1. The molecule has 1 aliphatic carbocycles. The second kappa shape index (κ2) is 4.76. The molecule has 0 aromatic rings. The van der Waals surface area contributed by atoms with Crippen molar-refractivity contribution in [3.05, 3.63) is 0 Å². The van der Waals surface area contributed by atoms with Crippen molar-refractivity contribution in [3.8, 4) is 0 Å². The highest BCUT2D eigenvalue weighted by molar-refractivity contribution is 5.81. The third-order valence-corrected chi connectivity index (χ3v) is 3.55. The molecule has 1 fully saturated rings. The Labute approximate surface area is 94.4 Å². The minimum Gasteiger partial charge on any atom is -0.299 e. The van der Waals surface area contributed by atoms with E-state index in [4.69, 9.17) is 0 Å². The van der Waals surface area contributed by atoms with Gasteiger partial charge in [-0.1, -0.05) is 26.7 Å². The minimum absolute atomic E-state index is 0.124. The Morgan fingerprint density at radius 2 is 1.94 bits per heavy atom. The van der Waals surface area contributed by atoms with Gasteiger partial charge < -0.3 is 0 Å². The summed E-state index contributed by atoms with van der Waals surface area (Å²) in [4.78, 5) is 11.8. The highest BCUT2D eigenvalue weighted by Gasteiger charge is 2.38. The van der Waals surface area contributed by atoms with E-state index in [1.807, 2.05) is 13.8 Å². The maximum Gasteiger partial charge on any atom is 0.389 e. The summed E-state index contributed by atoms with van der Waals surface area (Å²) in [6.45, 7) is 3.98. The molecule has 0 amide bonds. The zero-order chi connectivity index (χ0) is 12.4. The van der Waals surface area contributed by atoms with Gasteiger partial charge >= 0.3 is 6.18 Å². The van der Waals surface area contributed by atoms with Crippen LogP contribution in [0.15, 0.2) is 0 Å². The molecular weight excluding hydrogens is 217 g/mol. The van der Waals surface area contributed by atoms with Crippen molar-refractivity contribution in [1.29, 1.82) is 0 Å². The van der Waals surface area contributed by atoms with Crippen LogP contribution in [0.1, 0.15) is 52.4 Å². The Morgan fingerprint density at radius 3 is 2.44 bits per heavy atom. The third kappa shape index (κ3) is 3.80. The number of carbonyl (C=O) groups excluding carboxylic acids is 1. The fourth-order valence-corrected chi connectivity index (χ4v) is 2.53. The second-order valence-corrected chi connectivity index (χ2v) is 5.37. The van der Waals surface area contributed by atoms with Crippen molar-refractivity contribution < 1.29 is 18.0 Å². The maximum absolute atomic E-state index is 12.0. The number of ketones is 1. The van der Waals surface area contributed by atoms with E-state index in [1.165, 1.54) is 0 Å². The average molecular weight is 236 g/mol. The number of Topliss-reactive ketones (excluding diaryl/α,β-unsaturated/α-hetero) is 1. The predicted octanol–water partition coefficient (Wildman–Crippen LogP) is 4.11. The summed E-state index contributed by atoms with van der Waals surface area (Å²) in [5.74, 6) is -0.384. The summed E-state index contributed by atoms with van der Waals surface area (Å²) in [6.07, 6.45) is -1.80. The molecule has 0 saturated heterocycles. The lowest BCUT2D eigenvalue weighted by Gasteiger charge is -2.37. The van der Waals surface area contributed by atoms with Crippen LogP contribution in [-0.4, -0.2) is 12.0 Å². The van der Waals surface area contributed by atoms with Gasteiger partial charge in [0.25, 0.3) is 0 Å². The summed E-state index contributed by atoms with van der Waals surface area (Å²) in [5, 5.41) is 0. The molecule has 1 saturated carbocycles. The Kier molecular flexibility index (Phi) is 4.02. The normalized spacial score (nSPS) is 25.4. The molecule has 0 aromatic heterocycles. The van der Waals surface area contributed by atoms with Crippen molar-refractivity contribution >= 4 is 5.78 Å². The van der Waals surface area contributed by atoms with Crippen LogP contribution >= 0.6 is 0 Å². The fourth-order valence-electron chi connectivity index (χ4n) is 2.53. The highest BCUT2D eigenvalue weighted by Crippen LogP contribution is 2.42. The van der Waals surface area contributed by atoms with E-state index in [-0.39, 0.29) is 23.5 Å². The first kappa shape index (κ1) is 13.5. The largest absolute Gasteiger partial charge is 0.389 e. The Morgan fingerprint density at radius 1 is 1.31 bits per heavy atom. The molecule has 0 bridgehead atoms.